The van der Waals surface area contributed by atoms with Gasteiger partial charge in [0.25, 0.3) is 0 Å². The van der Waals surface area contributed by atoms with E-state index in [4.69, 9.17) is 9.47 Å². The fraction of sp³-hybridized carbons (Fsp3) is 0.364. The van der Waals surface area contributed by atoms with Crippen molar-refractivity contribution in [2.24, 2.45) is 0 Å². The van der Waals surface area contributed by atoms with Crippen molar-refractivity contribution < 1.29 is 14.3 Å². The van der Waals surface area contributed by atoms with Crippen LogP contribution in [0.5, 0.6) is 5.75 Å². The van der Waals surface area contributed by atoms with Gasteiger partial charge in [-0.3, -0.25) is 4.79 Å². The Morgan fingerprint density at radius 3 is 3.00 bits per heavy atom. The molecule has 2 rings (SSSR count). The van der Waals surface area contributed by atoms with Gasteiger partial charge >= 0.3 is 0 Å². The first-order valence-corrected chi connectivity index (χ1v) is 5.51. The van der Waals surface area contributed by atoms with Gasteiger partial charge in [-0.25, -0.2) is 0 Å². The predicted octanol–water partition coefficient (Wildman–Crippen LogP) is 2.43. The van der Waals surface area contributed by atoms with Crippen molar-refractivity contribution in [1.82, 2.24) is 0 Å². The van der Waals surface area contributed by atoms with Crippen LogP contribution >= 0.6 is 15.9 Å². The first-order valence-electron chi connectivity index (χ1n) is 4.71. The van der Waals surface area contributed by atoms with E-state index < -0.39 is 0 Å². The zero-order valence-corrected chi connectivity index (χ0v) is 9.91. The number of rotatable bonds is 4. The van der Waals surface area contributed by atoms with Crippen molar-refractivity contribution in [3.63, 3.8) is 0 Å². The summed E-state index contributed by atoms with van der Waals surface area (Å²) >= 11 is 3.32. The van der Waals surface area contributed by atoms with Gasteiger partial charge in [0.15, 0.2) is 5.78 Å². The Balaban J connectivity index is 2.15. The first kappa shape index (κ1) is 10.6. The maximum atomic E-state index is 11.3. The summed E-state index contributed by atoms with van der Waals surface area (Å²) in [7, 11) is 0. The van der Waals surface area contributed by atoms with Crippen LogP contribution in [-0.2, 0) is 4.74 Å². The van der Waals surface area contributed by atoms with E-state index in [1.165, 1.54) is 6.92 Å². The maximum absolute atomic E-state index is 11.3. The Morgan fingerprint density at radius 1 is 1.67 bits per heavy atom. The second kappa shape index (κ2) is 4.33. The summed E-state index contributed by atoms with van der Waals surface area (Å²) in [6.45, 7) is 2.80. The molecule has 0 N–H and O–H groups in total. The number of Topliss-reactive ketones (excluding diaryl/α,β-unsaturated/α-hetero) is 1. The van der Waals surface area contributed by atoms with E-state index in [1.807, 2.05) is 6.07 Å². The lowest BCUT2D eigenvalue weighted by Gasteiger charge is -2.08. The molecule has 0 saturated carbocycles. The van der Waals surface area contributed by atoms with Crippen LogP contribution in [0.2, 0.25) is 0 Å². The van der Waals surface area contributed by atoms with Crippen LogP contribution in [0.15, 0.2) is 22.7 Å². The lowest BCUT2D eigenvalue weighted by molar-refractivity contribution is 0.101. The third-order valence-electron chi connectivity index (χ3n) is 2.15. The van der Waals surface area contributed by atoms with Gasteiger partial charge in [-0.1, -0.05) is 15.9 Å². The highest BCUT2D eigenvalue weighted by molar-refractivity contribution is 9.10. The molecule has 0 aliphatic carbocycles. The molecule has 3 nitrogen and oxygen atoms in total. The highest BCUT2D eigenvalue weighted by Crippen LogP contribution is 2.24. The lowest BCUT2D eigenvalue weighted by atomic mass is 10.1. The van der Waals surface area contributed by atoms with E-state index in [0.29, 0.717) is 17.9 Å². The second-order valence-electron chi connectivity index (χ2n) is 3.46. The molecule has 0 bridgehead atoms. The number of benzene rings is 1. The number of carbonyl (C=O) groups is 1. The zero-order valence-electron chi connectivity index (χ0n) is 8.33. The maximum Gasteiger partial charge on any atom is 0.163 e. The highest BCUT2D eigenvalue weighted by atomic mass is 79.9. The molecule has 1 saturated heterocycles. The van der Waals surface area contributed by atoms with Gasteiger partial charge in [-0.2, -0.15) is 0 Å². The summed E-state index contributed by atoms with van der Waals surface area (Å²) in [6, 6.07) is 5.42. The van der Waals surface area contributed by atoms with E-state index in [-0.39, 0.29) is 11.9 Å². The minimum Gasteiger partial charge on any atom is -0.490 e. The molecular formula is C11H11BrO3. The zero-order chi connectivity index (χ0) is 10.8. The summed E-state index contributed by atoms with van der Waals surface area (Å²) in [4.78, 5) is 11.3. The molecule has 15 heavy (non-hydrogen) atoms. The summed E-state index contributed by atoms with van der Waals surface area (Å²) in [6.07, 6.45) is 0.202. The van der Waals surface area contributed by atoms with E-state index in [0.717, 1.165) is 11.1 Å². The van der Waals surface area contributed by atoms with Gasteiger partial charge in [-0.05, 0) is 25.1 Å². The quantitative estimate of drug-likeness (QED) is 0.623. The molecular weight excluding hydrogens is 260 g/mol. The standard InChI is InChI=1S/C11H11BrO3/c1-7(13)10-4-8(12)2-3-11(10)15-6-9-5-14-9/h2-4,9H,5-6H2,1H3/t9-/m1/s1. The fourth-order valence-corrected chi connectivity index (χ4v) is 1.61. The molecule has 1 heterocycles. The number of hydrogen-bond donors (Lipinski definition) is 0. The van der Waals surface area contributed by atoms with Gasteiger partial charge in [0.05, 0.1) is 12.2 Å². The van der Waals surface area contributed by atoms with Crippen molar-refractivity contribution in [3.8, 4) is 5.75 Å². The number of epoxide rings is 1. The molecule has 1 aliphatic rings. The fourth-order valence-electron chi connectivity index (χ4n) is 1.25. The van der Waals surface area contributed by atoms with Crippen LogP contribution < -0.4 is 4.74 Å². The Kier molecular flexibility index (Phi) is 3.07. The van der Waals surface area contributed by atoms with Crippen molar-refractivity contribution in [2.75, 3.05) is 13.2 Å². The number of halogens is 1. The van der Waals surface area contributed by atoms with E-state index >= 15 is 0 Å². The van der Waals surface area contributed by atoms with Crippen LogP contribution in [0.3, 0.4) is 0 Å². The van der Waals surface area contributed by atoms with Crippen molar-refractivity contribution in [3.05, 3.63) is 28.2 Å². The van der Waals surface area contributed by atoms with Crippen LogP contribution in [0, 0.1) is 0 Å². The van der Waals surface area contributed by atoms with E-state index in [9.17, 15) is 4.79 Å². The van der Waals surface area contributed by atoms with Crippen LogP contribution in [0.4, 0.5) is 0 Å². The SMILES string of the molecule is CC(=O)c1cc(Br)ccc1OC[C@H]1CO1. The average molecular weight is 271 g/mol. The molecule has 80 valence electrons. The third kappa shape index (κ3) is 2.79. The average Bonchev–Trinajstić information content (AvgIpc) is 2.99. The normalized spacial score (nSPS) is 18.7. The van der Waals surface area contributed by atoms with Gasteiger partial charge in [-0.15, -0.1) is 0 Å². The van der Waals surface area contributed by atoms with Crippen molar-refractivity contribution in [2.45, 2.75) is 13.0 Å². The number of hydrogen-bond acceptors (Lipinski definition) is 3. The topological polar surface area (TPSA) is 38.8 Å². The largest absolute Gasteiger partial charge is 0.490 e. The van der Waals surface area contributed by atoms with Gasteiger partial charge in [0, 0.05) is 4.47 Å². The molecule has 1 atom stereocenters. The molecule has 0 aromatic heterocycles. The Bertz CT molecular complexity index is 385. The van der Waals surface area contributed by atoms with Gasteiger partial charge in [0.1, 0.15) is 18.5 Å². The van der Waals surface area contributed by atoms with E-state index in [2.05, 4.69) is 15.9 Å². The van der Waals surface area contributed by atoms with Gasteiger partial charge < -0.3 is 9.47 Å². The summed E-state index contributed by atoms with van der Waals surface area (Å²) in [5, 5.41) is 0. The van der Waals surface area contributed by atoms with Crippen LogP contribution in [-0.4, -0.2) is 25.1 Å². The monoisotopic (exact) mass is 270 g/mol. The van der Waals surface area contributed by atoms with Crippen molar-refractivity contribution in [1.29, 1.82) is 0 Å². The Labute approximate surface area is 96.5 Å². The summed E-state index contributed by atoms with van der Waals surface area (Å²) in [5.74, 6) is 0.629. The van der Waals surface area contributed by atoms with Crippen LogP contribution in [0.25, 0.3) is 0 Å². The molecule has 0 unspecified atom stereocenters. The number of carbonyl (C=O) groups excluding carboxylic acids is 1. The smallest absolute Gasteiger partial charge is 0.163 e. The highest BCUT2D eigenvalue weighted by Gasteiger charge is 2.23. The Morgan fingerprint density at radius 2 is 2.40 bits per heavy atom. The third-order valence-corrected chi connectivity index (χ3v) is 2.64. The van der Waals surface area contributed by atoms with E-state index in [1.54, 1.807) is 12.1 Å². The van der Waals surface area contributed by atoms with Gasteiger partial charge in [0.2, 0.25) is 0 Å². The van der Waals surface area contributed by atoms with Crippen LogP contribution in [0.1, 0.15) is 17.3 Å². The molecule has 1 aromatic carbocycles. The summed E-state index contributed by atoms with van der Waals surface area (Å²) < 4.78 is 11.4. The molecule has 1 fully saturated rings. The second-order valence-corrected chi connectivity index (χ2v) is 4.38. The number of ether oxygens (including phenoxy) is 2. The first-order chi connectivity index (χ1) is 7.16. The van der Waals surface area contributed by atoms with Crippen molar-refractivity contribution >= 4 is 21.7 Å². The lowest BCUT2D eigenvalue weighted by Crippen LogP contribution is -2.07. The molecule has 1 aliphatic heterocycles. The molecule has 0 amide bonds. The minimum absolute atomic E-state index is 0.00279. The Hall–Kier alpha value is -0.870. The molecule has 4 heteroatoms. The predicted molar refractivity (Wildman–Crippen MR) is 59.4 cm³/mol. The minimum atomic E-state index is 0.00279. The molecule has 0 spiro atoms. The molecule has 1 aromatic rings. The summed E-state index contributed by atoms with van der Waals surface area (Å²) in [5.41, 5.74) is 0.602. The molecule has 0 radical (unpaired) electrons. The number of ketones is 1.